The molecule has 0 atom stereocenters. The molecule has 2 aromatic rings. The molecule has 7 heteroatoms. The first-order valence-electron chi connectivity index (χ1n) is 5.14. The Balaban J connectivity index is 2.59. The molecule has 4 nitrogen and oxygen atoms in total. The highest BCUT2D eigenvalue weighted by molar-refractivity contribution is 9.10. The van der Waals surface area contributed by atoms with Crippen LogP contribution < -0.4 is 0 Å². The maximum atomic E-state index is 12.8. The molecule has 1 aromatic carbocycles. The van der Waals surface area contributed by atoms with Crippen LogP contribution in [0.25, 0.3) is 11.4 Å². The fourth-order valence-electron chi connectivity index (χ4n) is 1.50. The van der Waals surface area contributed by atoms with Gasteiger partial charge >= 0.3 is 5.97 Å². The van der Waals surface area contributed by atoms with Gasteiger partial charge in [0.05, 0.1) is 0 Å². The van der Waals surface area contributed by atoms with Gasteiger partial charge in [0.1, 0.15) is 11.3 Å². The number of carboxylic acid groups (broad SMARTS) is 1. The Morgan fingerprint density at radius 3 is 2.58 bits per heavy atom. The summed E-state index contributed by atoms with van der Waals surface area (Å²) >= 11 is 3.26. The Morgan fingerprint density at radius 2 is 2.00 bits per heavy atom. The number of hydrogen-bond donors (Lipinski definition) is 1. The Bertz CT molecular complexity index is 635. The normalized spacial score (nSPS) is 10.7. The van der Waals surface area contributed by atoms with E-state index in [1.807, 2.05) is 0 Å². The predicted octanol–water partition coefficient (Wildman–Crippen LogP) is 3.54. The second-order valence-corrected chi connectivity index (χ2v) is 4.43. The Morgan fingerprint density at radius 1 is 1.32 bits per heavy atom. The molecule has 98 valence electrons. The van der Waals surface area contributed by atoms with E-state index in [1.165, 1.54) is 0 Å². The number of benzene rings is 1. The van der Waals surface area contributed by atoms with Crippen LogP contribution in [0.4, 0.5) is 8.78 Å². The van der Waals surface area contributed by atoms with Crippen molar-refractivity contribution in [3.8, 4) is 11.4 Å². The number of nitrogens with zero attached hydrogens (tertiary/aromatic N) is 2. The molecule has 0 spiro atoms. The third-order valence-corrected chi connectivity index (χ3v) is 3.06. The SMILES string of the molecule is O=C(O)c1cnc(-c2ccccc2Br)nc1C(F)F. The van der Waals surface area contributed by atoms with Crippen molar-refractivity contribution in [3.63, 3.8) is 0 Å². The van der Waals surface area contributed by atoms with E-state index in [4.69, 9.17) is 5.11 Å². The summed E-state index contributed by atoms with van der Waals surface area (Å²) in [4.78, 5) is 18.3. The second-order valence-electron chi connectivity index (χ2n) is 3.58. The summed E-state index contributed by atoms with van der Waals surface area (Å²) in [7, 11) is 0. The van der Waals surface area contributed by atoms with Gasteiger partial charge in [0.2, 0.25) is 0 Å². The molecule has 0 aliphatic rings. The Kier molecular flexibility index (Phi) is 3.84. The van der Waals surface area contributed by atoms with Crippen LogP contribution in [0.1, 0.15) is 22.5 Å². The quantitative estimate of drug-likeness (QED) is 0.935. The van der Waals surface area contributed by atoms with E-state index < -0.39 is 23.7 Å². The van der Waals surface area contributed by atoms with Crippen molar-refractivity contribution in [2.75, 3.05) is 0 Å². The number of hydrogen-bond acceptors (Lipinski definition) is 3. The molecule has 0 saturated heterocycles. The van der Waals surface area contributed by atoms with Crippen molar-refractivity contribution in [2.45, 2.75) is 6.43 Å². The fourth-order valence-corrected chi connectivity index (χ4v) is 1.96. The van der Waals surface area contributed by atoms with Crippen molar-refractivity contribution in [2.24, 2.45) is 0 Å². The lowest BCUT2D eigenvalue weighted by Gasteiger charge is -2.07. The predicted molar refractivity (Wildman–Crippen MR) is 67.1 cm³/mol. The lowest BCUT2D eigenvalue weighted by atomic mass is 10.2. The molecule has 0 bridgehead atoms. The third-order valence-electron chi connectivity index (χ3n) is 2.37. The fraction of sp³-hybridized carbons (Fsp3) is 0.0833. The van der Waals surface area contributed by atoms with Gasteiger partial charge in [-0.05, 0) is 6.07 Å². The first-order chi connectivity index (χ1) is 9.00. The number of aromatic nitrogens is 2. The molecule has 1 N–H and O–H groups in total. The average Bonchev–Trinajstić information content (AvgIpc) is 2.38. The van der Waals surface area contributed by atoms with Crippen molar-refractivity contribution < 1.29 is 18.7 Å². The molecule has 0 saturated carbocycles. The first-order valence-corrected chi connectivity index (χ1v) is 5.93. The maximum Gasteiger partial charge on any atom is 0.339 e. The third kappa shape index (κ3) is 2.76. The van der Waals surface area contributed by atoms with Gasteiger partial charge in [-0.2, -0.15) is 0 Å². The highest BCUT2D eigenvalue weighted by atomic mass is 79.9. The average molecular weight is 329 g/mol. The zero-order valence-corrected chi connectivity index (χ0v) is 10.9. The highest BCUT2D eigenvalue weighted by Gasteiger charge is 2.21. The molecule has 0 amide bonds. The van der Waals surface area contributed by atoms with Crippen molar-refractivity contribution in [1.29, 1.82) is 0 Å². The van der Waals surface area contributed by atoms with Crippen molar-refractivity contribution >= 4 is 21.9 Å². The van der Waals surface area contributed by atoms with E-state index in [1.54, 1.807) is 24.3 Å². The maximum absolute atomic E-state index is 12.8. The lowest BCUT2D eigenvalue weighted by Crippen LogP contribution is -2.08. The van der Waals surface area contributed by atoms with E-state index in [0.717, 1.165) is 6.20 Å². The smallest absolute Gasteiger partial charge is 0.339 e. The summed E-state index contributed by atoms with van der Waals surface area (Å²) in [6.07, 6.45) is -2.08. The number of aromatic carboxylic acids is 1. The van der Waals surface area contributed by atoms with E-state index in [-0.39, 0.29) is 5.82 Å². The molecule has 2 rings (SSSR count). The highest BCUT2D eigenvalue weighted by Crippen LogP contribution is 2.28. The molecule has 1 heterocycles. The van der Waals surface area contributed by atoms with Gasteiger partial charge < -0.3 is 5.11 Å². The molecule has 19 heavy (non-hydrogen) atoms. The summed E-state index contributed by atoms with van der Waals surface area (Å²) in [5.74, 6) is -1.43. The Labute approximate surface area is 115 Å². The van der Waals surface area contributed by atoms with Crippen molar-refractivity contribution in [3.05, 3.63) is 46.2 Å². The number of carboxylic acids is 1. The molecule has 0 aliphatic carbocycles. The van der Waals surface area contributed by atoms with Gasteiger partial charge in [0.15, 0.2) is 5.82 Å². The van der Waals surface area contributed by atoms with E-state index in [2.05, 4.69) is 25.9 Å². The molecule has 0 fully saturated rings. The molecule has 0 aliphatic heterocycles. The summed E-state index contributed by atoms with van der Waals surface area (Å²) in [5, 5.41) is 8.81. The van der Waals surface area contributed by atoms with E-state index in [0.29, 0.717) is 10.0 Å². The van der Waals surface area contributed by atoms with Gasteiger partial charge in [0, 0.05) is 16.2 Å². The summed E-state index contributed by atoms with van der Waals surface area (Å²) in [6, 6.07) is 6.82. The van der Waals surface area contributed by atoms with Crippen LogP contribution >= 0.6 is 15.9 Å². The minimum atomic E-state index is -2.98. The number of alkyl halides is 2. The lowest BCUT2D eigenvalue weighted by molar-refractivity contribution is 0.0681. The van der Waals surface area contributed by atoms with E-state index >= 15 is 0 Å². The molecular weight excluding hydrogens is 322 g/mol. The number of carbonyl (C=O) groups is 1. The minimum absolute atomic E-state index is 0.0489. The summed E-state index contributed by atoms with van der Waals surface area (Å²) < 4.78 is 26.3. The van der Waals surface area contributed by atoms with Crippen molar-refractivity contribution in [1.82, 2.24) is 9.97 Å². The summed E-state index contributed by atoms with van der Waals surface area (Å²) in [6.45, 7) is 0. The van der Waals surface area contributed by atoms with Crippen LogP contribution in [0, 0.1) is 0 Å². The molecule has 0 unspecified atom stereocenters. The topological polar surface area (TPSA) is 63.1 Å². The van der Waals surface area contributed by atoms with Crippen LogP contribution in [-0.4, -0.2) is 21.0 Å². The first kappa shape index (κ1) is 13.5. The van der Waals surface area contributed by atoms with Crippen LogP contribution in [0.2, 0.25) is 0 Å². The zero-order chi connectivity index (χ0) is 14.0. The number of halogens is 3. The monoisotopic (exact) mass is 328 g/mol. The number of rotatable bonds is 3. The largest absolute Gasteiger partial charge is 0.478 e. The zero-order valence-electron chi connectivity index (χ0n) is 9.35. The Hall–Kier alpha value is -1.89. The van der Waals surface area contributed by atoms with Crippen LogP contribution in [-0.2, 0) is 0 Å². The summed E-state index contributed by atoms with van der Waals surface area (Å²) in [5.41, 5.74) is -0.861. The molecular formula is C12H7BrF2N2O2. The molecule has 1 aromatic heterocycles. The van der Waals surface area contributed by atoms with Gasteiger partial charge in [-0.25, -0.2) is 23.5 Å². The van der Waals surface area contributed by atoms with E-state index in [9.17, 15) is 13.6 Å². The molecule has 0 radical (unpaired) electrons. The van der Waals surface area contributed by atoms with Crippen LogP contribution in [0.5, 0.6) is 0 Å². The van der Waals surface area contributed by atoms with Gasteiger partial charge in [-0.1, -0.05) is 34.1 Å². The minimum Gasteiger partial charge on any atom is -0.478 e. The van der Waals surface area contributed by atoms with Gasteiger partial charge in [-0.15, -0.1) is 0 Å². The van der Waals surface area contributed by atoms with Gasteiger partial charge in [0.25, 0.3) is 6.43 Å². The van der Waals surface area contributed by atoms with Gasteiger partial charge in [-0.3, -0.25) is 0 Å². The second kappa shape index (κ2) is 5.40. The van der Waals surface area contributed by atoms with Crippen LogP contribution in [0.15, 0.2) is 34.9 Å². The van der Waals surface area contributed by atoms with Crippen LogP contribution in [0.3, 0.4) is 0 Å². The standard InChI is InChI=1S/C12H7BrF2N2O2/c13-8-4-2-1-3-6(8)11-16-5-7(12(18)19)9(17-11)10(14)15/h1-5,10H,(H,18,19).